The Morgan fingerprint density at radius 1 is 0.739 bits per heavy atom. The van der Waals surface area contributed by atoms with Gasteiger partial charge in [0.25, 0.3) is 0 Å². The van der Waals surface area contributed by atoms with Crippen LogP contribution >= 0.6 is 7.82 Å². The number of phosphoric acid groups is 1. The molecule has 3 unspecified atom stereocenters. The van der Waals surface area contributed by atoms with Crippen LogP contribution in [0.5, 0.6) is 0 Å². The number of rotatable bonds is 32. The average molecular weight is 672 g/mol. The zero-order valence-corrected chi connectivity index (χ0v) is 31.2. The van der Waals surface area contributed by atoms with Crippen LogP contribution in [0.4, 0.5) is 0 Å². The molecule has 46 heavy (non-hydrogen) atoms. The molecule has 8 nitrogen and oxygen atoms in total. The van der Waals surface area contributed by atoms with E-state index in [-0.39, 0.29) is 25.5 Å². The maximum absolute atomic E-state index is 12.7. The number of likely N-dealkylation sites (N-methyl/N-ethyl adjacent to an activating group) is 1. The number of nitrogens with zero attached hydrogens (tertiary/aromatic N) is 1. The third-order valence-corrected chi connectivity index (χ3v) is 8.85. The van der Waals surface area contributed by atoms with Gasteiger partial charge in [0.1, 0.15) is 13.2 Å². The van der Waals surface area contributed by atoms with Crippen LogP contribution in [-0.4, -0.2) is 73.4 Å². The number of allylic oxidation sites excluding steroid dienone is 5. The van der Waals surface area contributed by atoms with Crippen LogP contribution in [0.2, 0.25) is 0 Å². The topological polar surface area (TPSA) is 105 Å². The number of unbranched alkanes of at least 4 members (excludes halogenated alkanes) is 15. The van der Waals surface area contributed by atoms with Crippen molar-refractivity contribution in [3.63, 3.8) is 0 Å². The summed E-state index contributed by atoms with van der Waals surface area (Å²) in [5.74, 6) is -0.248. The van der Waals surface area contributed by atoms with Crippen molar-refractivity contribution < 1.29 is 32.9 Å². The van der Waals surface area contributed by atoms with Crippen molar-refractivity contribution >= 4 is 13.7 Å². The van der Waals surface area contributed by atoms with Gasteiger partial charge in [-0.25, -0.2) is 4.57 Å². The maximum atomic E-state index is 12.7. The molecule has 0 fully saturated rings. The summed E-state index contributed by atoms with van der Waals surface area (Å²) < 4.78 is 23.4. The number of carbonyl (C=O) groups is 1. The van der Waals surface area contributed by atoms with Crippen LogP contribution in [-0.2, 0) is 18.4 Å². The fraction of sp³-hybridized carbons (Fsp3) is 0.811. The fourth-order valence-corrected chi connectivity index (χ4v) is 5.59. The summed E-state index contributed by atoms with van der Waals surface area (Å²) >= 11 is 0. The molecule has 0 aromatic carbocycles. The number of aliphatic hydroxyl groups is 1. The second-order valence-corrected chi connectivity index (χ2v) is 15.0. The highest BCUT2D eigenvalue weighted by Crippen LogP contribution is 2.43. The van der Waals surface area contributed by atoms with Gasteiger partial charge in [0, 0.05) is 6.42 Å². The number of phosphoric ester groups is 1. The van der Waals surface area contributed by atoms with Gasteiger partial charge in [0.05, 0.1) is 39.9 Å². The molecule has 0 aromatic heterocycles. The number of hydrogen-bond acceptors (Lipinski definition) is 5. The first-order valence-corrected chi connectivity index (χ1v) is 19.9. The van der Waals surface area contributed by atoms with Crippen molar-refractivity contribution in [2.75, 3.05) is 40.9 Å². The molecule has 0 heterocycles. The third-order valence-electron chi connectivity index (χ3n) is 7.87. The maximum Gasteiger partial charge on any atom is 0.472 e. The minimum Gasteiger partial charge on any atom is -0.387 e. The van der Waals surface area contributed by atoms with Crippen molar-refractivity contribution in [2.24, 2.45) is 0 Å². The van der Waals surface area contributed by atoms with Gasteiger partial charge in [-0.05, 0) is 38.5 Å². The molecule has 0 aromatic rings. The van der Waals surface area contributed by atoms with E-state index >= 15 is 0 Å². The lowest BCUT2D eigenvalue weighted by atomic mass is 10.1. The molecule has 1 amide bonds. The van der Waals surface area contributed by atoms with E-state index in [1.807, 2.05) is 33.3 Å². The largest absolute Gasteiger partial charge is 0.472 e. The molecule has 9 heteroatoms. The molecule has 0 aliphatic rings. The first-order chi connectivity index (χ1) is 22.0. The van der Waals surface area contributed by atoms with Crippen molar-refractivity contribution in [1.29, 1.82) is 0 Å². The number of hydrogen-bond donors (Lipinski definition) is 3. The van der Waals surface area contributed by atoms with Gasteiger partial charge in [0.15, 0.2) is 0 Å². The van der Waals surface area contributed by atoms with Gasteiger partial charge in [0.2, 0.25) is 5.91 Å². The highest BCUT2D eigenvalue weighted by atomic mass is 31.2. The summed E-state index contributed by atoms with van der Waals surface area (Å²) in [4.78, 5) is 22.9. The summed E-state index contributed by atoms with van der Waals surface area (Å²) in [6.07, 6.45) is 33.6. The molecule has 0 aliphatic carbocycles. The van der Waals surface area contributed by atoms with Crippen LogP contribution in [0.3, 0.4) is 0 Å². The number of quaternary nitrogens is 1. The van der Waals surface area contributed by atoms with E-state index in [9.17, 15) is 19.4 Å². The Kier molecular flexibility index (Phi) is 29.0. The molecule has 0 rings (SSSR count). The minimum absolute atomic E-state index is 0.0517. The third kappa shape index (κ3) is 31.3. The molecule has 270 valence electrons. The summed E-state index contributed by atoms with van der Waals surface area (Å²) in [5, 5.41) is 13.6. The van der Waals surface area contributed by atoms with E-state index < -0.39 is 20.0 Å². The highest BCUT2D eigenvalue weighted by Gasteiger charge is 2.27. The van der Waals surface area contributed by atoms with Gasteiger partial charge in [-0.1, -0.05) is 134 Å². The van der Waals surface area contributed by atoms with Crippen molar-refractivity contribution in [3.8, 4) is 0 Å². The number of aliphatic hydroxyl groups excluding tert-OH is 1. The van der Waals surface area contributed by atoms with Crippen LogP contribution in [0.15, 0.2) is 36.5 Å². The Balaban J connectivity index is 4.67. The van der Waals surface area contributed by atoms with Crippen molar-refractivity contribution in [2.45, 2.75) is 154 Å². The first-order valence-electron chi connectivity index (χ1n) is 18.4. The zero-order chi connectivity index (χ0) is 34.4. The number of carbonyl (C=O) groups excluding carboxylic acids is 1. The summed E-state index contributed by atoms with van der Waals surface area (Å²) in [7, 11) is 1.53. The van der Waals surface area contributed by atoms with E-state index in [0.717, 1.165) is 32.1 Å². The fourth-order valence-electron chi connectivity index (χ4n) is 4.85. The molecule has 0 saturated carbocycles. The average Bonchev–Trinajstić information content (AvgIpc) is 2.99. The molecular weight excluding hydrogens is 599 g/mol. The Hall–Kier alpha value is -1.28. The predicted molar refractivity (Wildman–Crippen MR) is 194 cm³/mol. The van der Waals surface area contributed by atoms with Crippen molar-refractivity contribution in [3.05, 3.63) is 36.5 Å². The summed E-state index contributed by atoms with van der Waals surface area (Å²) in [6.45, 7) is 4.71. The van der Waals surface area contributed by atoms with Gasteiger partial charge in [-0.15, -0.1) is 0 Å². The number of nitrogens with one attached hydrogen (secondary N) is 1. The molecule has 0 aliphatic heterocycles. The van der Waals surface area contributed by atoms with E-state index in [0.29, 0.717) is 17.4 Å². The van der Waals surface area contributed by atoms with Crippen LogP contribution in [0, 0.1) is 0 Å². The monoisotopic (exact) mass is 672 g/mol. The molecule has 0 bridgehead atoms. The lowest BCUT2D eigenvalue weighted by Gasteiger charge is -2.25. The molecule has 3 N–H and O–H groups in total. The van der Waals surface area contributed by atoms with E-state index in [4.69, 9.17) is 9.05 Å². The molecule has 0 saturated heterocycles. The number of amides is 1. The molecule has 3 atom stereocenters. The van der Waals surface area contributed by atoms with Gasteiger partial charge >= 0.3 is 7.82 Å². The van der Waals surface area contributed by atoms with Gasteiger partial charge in [-0.2, -0.15) is 0 Å². The van der Waals surface area contributed by atoms with E-state index in [1.165, 1.54) is 83.5 Å². The van der Waals surface area contributed by atoms with E-state index in [1.54, 1.807) is 6.08 Å². The second kappa shape index (κ2) is 29.8. The molecular formula is C37H72N2O6P+. The normalized spacial score (nSPS) is 15.2. The van der Waals surface area contributed by atoms with Crippen LogP contribution < -0.4 is 5.32 Å². The Bertz CT molecular complexity index is 855. The molecule has 0 spiro atoms. The Morgan fingerprint density at radius 3 is 1.78 bits per heavy atom. The lowest BCUT2D eigenvalue weighted by Crippen LogP contribution is -2.45. The van der Waals surface area contributed by atoms with Crippen molar-refractivity contribution in [1.82, 2.24) is 5.32 Å². The second-order valence-electron chi connectivity index (χ2n) is 13.6. The SMILES string of the molecule is CCCCCCCC/C=C\C/C=C\CCC(=O)NC(COP(=O)(O)OCC[N+](C)(C)C)C(O)/C=C/CCCCCCCCCCC. The van der Waals surface area contributed by atoms with Gasteiger partial charge < -0.3 is 19.8 Å². The van der Waals surface area contributed by atoms with Crippen LogP contribution in [0.25, 0.3) is 0 Å². The van der Waals surface area contributed by atoms with E-state index in [2.05, 4.69) is 37.4 Å². The highest BCUT2D eigenvalue weighted by molar-refractivity contribution is 7.47. The van der Waals surface area contributed by atoms with Gasteiger partial charge in [-0.3, -0.25) is 13.8 Å². The van der Waals surface area contributed by atoms with Crippen LogP contribution in [0.1, 0.15) is 142 Å². The quantitative estimate of drug-likeness (QED) is 0.0285. The Labute approximate surface area is 283 Å². The summed E-state index contributed by atoms with van der Waals surface area (Å²) in [5.41, 5.74) is 0. The smallest absolute Gasteiger partial charge is 0.387 e. The standard InChI is InChI=1S/C37H71N2O6P/c1-6-8-10-12-14-16-18-19-21-23-25-27-29-31-37(41)38-35(34-45-46(42,43)44-33-32-39(3,4)5)36(40)30-28-26-24-22-20-17-15-13-11-9-7-2/h19,21,25,27-28,30,35-36,40H,6-18,20,22-24,26,29,31-34H2,1-5H3,(H-,38,41,42,43)/p+1/b21-19-,27-25-,30-28+. The predicted octanol–water partition coefficient (Wildman–Crippen LogP) is 9.18. The summed E-state index contributed by atoms with van der Waals surface area (Å²) in [6, 6.07) is -0.872. The zero-order valence-electron chi connectivity index (χ0n) is 30.3. The molecule has 0 radical (unpaired) electrons. The first kappa shape index (κ1) is 44.7. The lowest BCUT2D eigenvalue weighted by molar-refractivity contribution is -0.870. The Morgan fingerprint density at radius 2 is 1.24 bits per heavy atom. The minimum atomic E-state index is -4.34.